The minimum Gasteiger partial charge on any atom is -0.508 e. The summed E-state index contributed by atoms with van der Waals surface area (Å²) in [5.74, 6) is -4.98. The van der Waals surface area contributed by atoms with E-state index in [2.05, 4.69) is 20.9 Å². The number of carbonyl (C=O) groups excluding carboxylic acids is 3. The molecule has 0 spiro atoms. The van der Waals surface area contributed by atoms with Crippen molar-refractivity contribution in [2.45, 2.75) is 75.5 Å². The molecule has 0 saturated heterocycles. The summed E-state index contributed by atoms with van der Waals surface area (Å²) >= 11 is 0. The molecule has 14 N–H and O–H groups in total. The Morgan fingerprint density at radius 1 is 0.786 bits per heavy atom. The quantitative estimate of drug-likeness (QED) is 0.0439. The summed E-state index contributed by atoms with van der Waals surface area (Å²) < 4.78 is 0. The molecule has 0 aliphatic carbocycles. The molecule has 0 aromatic heterocycles. The van der Waals surface area contributed by atoms with Crippen molar-refractivity contribution < 1.29 is 39.3 Å². The molecule has 0 aliphatic rings. The third-order valence-corrected chi connectivity index (χ3v) is 6.15. The molecule has 0 heterocycles. The lowest BCUT2D eigenvalue weighted by atomic mass is 10.0. The molecule has 42 heavy (non-hydrogen) atoms. The standard InChI is InChI=1S/C26H42N8O8/c27-12-2-1-5-18(23(39)34-20(25(41)42)14-15-6-8-16(35)9-7-15)33-24(40)19(10-11-21(36)37)32-22(38)17(28)4-3-13-31-26(29)30/h6-9,17-20,35H,1-5,10-14,27-28H2,(H,32,38)(H,33,40)(H,34,39)(H,36,37)(H,41,42)(H4,29,30,31). The van der Waals surface area contributed by atoms with Crippen molar-refractivity contribution in [3.63, 3.8) is 0 Å². The maximum atomic E-state index is 13.2. The van der Waals surface area contributed by atoms with E-state index in [9.17, 15) is 34.2 Å². The Morgan fingerprint density at radius 2 is 1.36 bits per heavy atom. The average molecular weight is 595 g/mol. The zero-order chi connectivity index (χ0) is 31.7. The van der Waals surface area contributed by atoms with Gasteiger partial charge in [-0.1, -0.05) is 12.1 Å². The molecule has 234 valence electrons. The number of hydrogen-bond acceptors (Lipinski definition) is 9. The van der Waals surface area contributed by atoms with Gasteiger partial charge in [-0.05, 0) is 62.8 Å². The fraction of sp³-hybridized carbons (Fsp3) is 0.538. The number of aliphatic carboxylic acids is 2. The number of amides is 3. The molecule has 16 heteroatoms. The molecule has 0 fully saturated rings. The number of benzene rings is 1. The predicted octanol–water partition coefficient (Wildman–Crippen LogP) is -2.15. The summed E-state index contributed by atoms with van der Waals surface area (Å²) in [6.45, 7) is 0.551. The third-order valence-electron chi connectivity index (χ3n) is 6.15. The molecule has 4 atom stereocenters. The molecule has 1 rings (SSSR count). The second-order valence-corrected chi connectivity index (χ2v) is 9.66. The van der Waals surface area contributed by atoms with E-state index in [4.69, 9.17) is 28.0 Å². The van der Waals surface area contributed by atoms with Crippen molar-refractivity contribution in [2.75, 3.05) is 13.1 Å². The minimum absolute atomic E-state index is 0.00576. The van der Waals surface area contributed by atoms with Crippen LogP contribution in [-0.4, -0.2) is 88.2 Å². The van der Waals surface area contributed by atoms with E-state index >= 15 is 0 Å². The molecule has 0 radical (unpaired) electrons. The first-order chi connectivity index (χ1) is 19.8. The Hall–Kier alpha value is -4.44. The second kappa shape index (κ2) is 18.8. The van der Waals surface area contributed by atoms with E-state index in [1.54, 1.807) is 0 Å². The number of unbranched alkanes of at least 4 members (excludes halogenated alkanes) is 1. The topological polar surface area (TPSA) is 299 Å². The van der Waals surface area contributed by atoms with Gasteiger partial charge in [0, 0.05) is 19.4 Å². The molecule has 1 aromatic rings. The van der Waals surface area contributed by atoms with Crippen molar-refractivity contribution in [2.24, 2.45) is 27.9 Å². The zero-order valence-corrected chi connectivity index (χ0v) is 23.3. The summed E-state index contributed by atoms with van der Waals surface area (Å²) in [7, 11) is 0. The molecule has 4 unspecified atom stereocenters. The van der Waals surface area contributed by atoms with Crippen molar-refractivity contribution in [3.8, 4) is 5.75 Å². The third kappa shape index (κ3) is 14.3. The summed E-state index contributed by atoms with van der Waals surface area (Å²) in [5, 5.41) is 35.6. The van der Waals surface area contributed by atoms with Crippen LogP contribution in [0.15, 0.2) is 29.3 Å². The van der Waals surface area contributed by atoms with Gasteiger partial charge >= 0.3 is 11.9 Å². The Kier molecular flexibility index (Phi) is 15.9. The molecule has 0 saturated carbocycles. The smallest absolute Gasteiger partial charge is 0.326 e. The van der Waals surface area contributed by atoms with E-state index in [0.717, 1.165) is 0 Å². The average Bonchev–Trinajstić information content (AvgIpc) is 2.92. The van der Waals surface area contributed by atoms with Crippen LogP contribution in [0, 0.1) is 0 Å². The van der Waals surface area contributed by atoms with Crippen molar-refractivity contribution in [1.29, 1.82) is 0 Å². The highest BCUT2D eigenvalue weighted by molar-refractivity contribution is 5.94. The van der Waals surface area contributed by atoms with E-state index in [1.165, 1.54) is 24.3 Å². The fourth-order valence-corrected chi connectivity index (χ4v) is 3.84. The summed E-state index contributed by atoms with van der Waals surface area (Å²) in [5.41, 5.74) is 22.5. The van der Waals surface area contributed by atoms with Crippen LogP contribution in [0.25, 0.3) is 0 Å². The van der Waals surface area contributed by atoms with E-state index in [-0.39, 0.29) is 43.9 Å². The molecular formula is C26H42N8O8. The maximum Gasteiger partial charge on any atom is 0.326 e. The van der Waals surface area contributed by atoms with Crippen LogP contribution in [0.4, 0.5) is 0 Å². The van der Waals surface area contributed by atoms with Gasteiger partial charge in [-0.25, -0.2) is 4.79 Å². The van der Waals surface area contributed by atoms with Crippen LogP contribution in [0.2, 0.25) is 0 Å². The number of nitrogens with two attached hydrogens (primary N) is 4. The lowest BCUT2D eigenvalue weighted by Crippen LogP contribution is -2.57. The van der Waals surface area contributed by atoms with Crippen LogP contribution < -0.4 is 38.9 Å². The van der Waals surface area contributed by atoms with Crippen molar-refractivity contribution in [1.82, 2.24) is 16.0 Å². The van der Waals surface area contributed by atoms with Crippen LogP contribution in [0.3, 0.4) is 0 Å². The lowest BCUT2D eigenvalue weighted by molar-refractivity contribution is -0.142. The number of hydrogen-bond donors (Lipinski definition) is 10. The number of phenolic OH excluding ortho intramolecular Hbond substituents is 1. The Bertz CT molecular complexity index is 1080. The number of phenols is 1. The molecule has 0 bridgehead atoms. The Labute approximate surface area is 243 Å². The van der Waals surface area contributed by atoms with Crippen LogP contribution in [-0.2, 0) is 30.4 Å². The van der Waals surface area contributed by atoms with Crippen molar-refractivity contribution in [3.05, 3.63) is 29.8 Å². The summed E-state index contributed by atoms with van der Waals surface area (Å²) in [6.07, 6.45) is 0.738. The van der Waals surface area contributed by atoms with E-state index in [1.807, 2.05) is 0 Å². The molecule has 0 aliphatic heterocycles. The van der Waals surface area contributed by atoms with Gasteiger partial charge in [-0.15, -0.1) is 0 Å². The highest BCUT2D eigenvalue weighted by Gasteiger charge is 2.30. The number of carboxylic acids is 2. The first kappa shape index (κ1) is 35.6. The van der Waals surface area contributed by atoms with Gasteiger partial charge in [0.15, 0.2) is 5.96 Å². The van der Waals surface area contributed by atoms with Crippen LogP contribution in [0.1, 0.15) is 50.5 Å². The van der Waals surface area contributed by atoms with Crippen LogP contribution >= 0.6 is 0 Å². The number of carboxylic acid groups (broad SMARTS) is 2. The Morgan fingerprint density at radius 3 is 1.90 bits per heavy atom. The van der Waals surface area contributed by atoms with Gasteiger partial charge in [0.25, 0.3) is 0 Å². The monoisotopic (exact) mass is 594 g/mol. The highest BCUT2D eigenvalue weighted by Crippen LogP contribution is 2.12. The summed E-state index contributed by atoms with van der Waals surface area (Å²) in [4.78, 5) is 65.9. The fourth-order valence-electron chi connectivity index (χ4n) is 3.84. The van der Waals surface area contributed by atoms with Gasteiger partial charge in [0.2, 0.25) is 17.7 Å². The normalized spacial score (nSPS) is 13.6. The number of guanidine groups is 1. The van der Waals surface area contributed by atoms with Gasteiger partial charge in [0.05, 0.1) is 6.04 Å². The first-order valence-corrected chi connectivity index (χ1v) is 13.5. The second-order valence-electron chi connectivity index (χ2n) is 9.66. The molecular weight excluding hydrogens is 552 g/mol. The van der Waals surface area contributed by atoms with E-state index < -0.39 is 60.2 Å². The van der Waals surface area contributed by atoms with E-state index in [0.29, 0.717) is 31.4 Å². The number of carbonyl (C=O) groups is 5. The van der Waals surface area contributed by atoms with Gasteiger partial charge in [-0.2, -0.15) is 0 Å². The summed E-state index contributed by atoms with van der Waals surface area (Å²) in [6, 6.07) is 0.853. The lowest BCUT2D eigenvalue weighted by Gasteiger charge is -2.25. The Balaban J connectivity index is 3.01. The molecule has 3 amide bonds. The molecule has 16 nitrogen and oxygen atoms in total. The number of rotatable bonds is 20. The number of nitrogens with zero attached hydrogens (tertiary/aromatic N) is 1. The minimum atomic E-state index is -1.35. The highest BCUT2D eigenvalue weighted by atomic mass is 16.4. The predicted molar refractivity (Wildman–Crippen MR) is 153 cm³/mol. The van der Waals surface area contributed by atoms with Crippen LogP contribution in [0.5, 0.6) is 5.75 Å². The zero-order valence-electron chi connectivity index (χ0n) is 23.3. The van der Waals surface area contributed by atoms with Gasteiger partial charge < -0.3 is 54.2 Å². The number of nitrogens with one attached hydrogen (secondary N) is 3. The first-order valence-electron chi connectivity index (χ1n) is 13.5. The maximum absolute atomic E-state index is 13.2. The van der Waals surface area contributed by atoms with Gasteiger partial charge in [-0.3, -0.25) is 24.2 Å². The number of aromatic hydroxyl groups is 1. The van der Waals surface area contributed by atoms with Crippen molar-refractivity contribution >= 4 is 35.6 Å². The van der Waals surface area contributed by atoms with Gasteiger partial charge in [0.1, 0.15) is 23.9 Å². The largest absolute Gasteiger partial charge is 0.508 e. The number of aliphatic imine (C=N–C) groups is 1. The SMILES string of the molecule is NCCCCC(NC(=O)C(CCC(=O)O)NC(=O)C(N)CCCN=C(N)N)C(=O)NC(Cc1ccc(O)cc1)C(=O)O. The molecule has 1 aromatic carbocycles.